The van der Waals surface area contributed by atoms with Gasteiger partial charge in [0.15, 0.2) is 17.5 Å². The summed E-state index contributed by atoms with van der Waals surface area (Å²) >= 11 is 1.84. The fourth-order valence-electron chi connectivity index (χ4n) is 7.78. The molecule has 56 heavy (non-hydrogen) atoms. The molecule has 5 heteroatoms. The van der Waals surface area contributed by atoms with Crippen molar-refractivity contribution < 1.29 is 4.42 Å². The quantitative estimate of drug-likeness (QED) is 0.171. The lowest BCUT2D eigenvalue weighted by molar-refractivity contribution is 0.669. The van der Waals surface area contributed by atoms with Crippen molar-refractivity contribution in [3.05, 3.63) is 188 Å². The normalized spacial score (nSPS) is 11.6. The van der Waals surface area contributed by atoms with Crippen LogP contribution in [0.25, 0.3) is 110 Å². The van der Waals surface area contributed by atoms with Crippen LogP contribution in [0, 0.1) is 0 Å². The fourth-order valence-corrected chi connectivity index (χ4v) is 9.02. The van der Waals surface area contributed by atoms with Crippen LogP contribution in [-0.4, -0.2) is 15.0 Å². The molecular weight excluding hydrogens is 703 g/mol. The van der Waals surface area contributed by atoms with Crippen LogP contribution < -0.4 is 0 Å². The van der Waals surface area contributed by atoms with Crippen LogP contribution in [0.15, 0.2) is 192 Å². The van der Waals surface area contributed by atoms with Crippen molar-refractivity contribution in [3.63, 3.8) is 0 Å². The van der Waals surface area contributed by atoms with Crippen molar-refractivity contribution >= 4 is 53.4 Å². The second kappa shape index (κ2) is 13.3. The van der Waals surface area contributed by atoms with Crippen molar-refractivity contribution in [2.75, 3.05) is 0 Å². The number of nitrogens with zero attached hydrogens (tertiary/aromatic N) is 3. The molecule has 0 fully saturated rings. The highest BCUT2D eigenvalue weighted by molar-refractivity contribution is 7.26. The molecule has 0 aliphatic heterocycles. The predicted molar refractivity (Wildman–Crippen MR) is 233 cm³/mol. The zero-order valence-electron chi connectivity index (χ0n) is 30.1. The van der Waals surface area contributed by atoms with E-state index >= 15 is 0 Å². The molecule has 0 atom stereocenters. The molecule has 0 bridgehead atoms. The minimum absolute atomic E-state index is 0.579. The van der Waals surface area contributed by atoms with Gasteiger partial charge in [0.25, 0.3) is 0 Å². The summed E-state index contributed by atoms with van der Waals surface area (Å²) in [5, 5.41) is 4.69. The molecule has 3 heterocycles. The standard InChI is InChI=1S/C51H31N3OS/c1-3-13-32(14-4-1)34-17-11-18-35(27-34)49-52-50(36-25-26-42-41-19-7-9-23-45(41)55-46(42)31-36)54-51(53-49)39-29-37(33-15-5-2-6-16-33)28-38(30-39)40-21-12-22-44-43-20-8-10-24-47(43)56-48(40)44/h1-31H. The molecule has 8 aromatic carbocycles. The average Bonchev–Trinajstić information content (AvgIpc) is 3.85. The van der Waals surface area contributed by atoms with Crippen LogP contribution in [0.3, 0.4) is 0 Å². The van der Waals surface area contributed by atoms with Gasteiger partial charge in [0, 0.05) is 47.6 Å². The minimum atomic E-state index is 0.579. The van der Waals surface area contributed by atoms with Gasteiger partial charge in [-0.25, -0.2) is 15.0 Å². The molecule has 0 radical (unpaired) electrons. The number of benzene rings is 8. The number of fused-ring (bicyclic) bond motifs is 6. The highest BCUT2D eigenvalue weighted by Crippen LogP contribution is 2.42. The maximum absolute atomic E-state index is 6.33. The number of para-hydroxylation sites is 1. The molecule has 4 nitrogen and oxygen atoms in total. The Morgan fingerprint density at radius 2 is 0.857 bits per heavy atom. The number of rotatable bonds is 6. The van der Waals surface area contributed by atoms with Gasteiger partial charge in [-0.3, -0.25) is 0 Å². The lowest BCUT2D eigenvalue weighted by Gasteiger charge is -2.13. The van der Waals surface area contributed by atoms with Gasteiger partial charge in [0.05, 0.1) is 0 Å². The minimum Gasteiger partial charge on any atom is -0.456 e. The molecule has 0 saturated carbocycles. The maximum atomic E-state index is 6.33. The van der Waals surface area contributed by atoms with E-state index in [0.29, 0.717) is 17.5 Å². The molecule has 0 spiro atoms. The van der Waals surface area contributed by atoms with Crippen LogP contribution in [-0.2, 0) is 0 Å². The summed E-state index contributed by atoms with van der Waals surface area (Å²) in [6.45, 7) is 0. The summed E-state index contributed by atoms with van der Waals surface area (Å²) in [6, 6.07) is 65.8. The highest BCUT2D eigenvalue weighted by Gasteiger charge is 2.18. The predicted octanol–water partition coefficient (Wildman–Crippen LogP) is 14.1. The Morgan fingerprint density at radius 1 is 0.321 bits per heavy atom. The summed E-state index contributed by atoms with van der Waals surface area (Å²) in [5.74, 6) is 1.78. The molecule has 262 valence electrons. The Kier molecular flexibility index (Phi) is 7.64. The molecule has 11 rings (SSSR count). The second-order valence-electron chi connectivity index (χ2n) is 14.0. The lowest BCUT2D eigenvalue weighted by atomic mass is 9.95. The molecule has 0 aliphatic carbocycles. The van der Waals surface area contributed by atoms with E-state index in [1.807, 2.05) is 41.7 Å². The van der Waals surface area contributed by atoms with Gasteiger partial charge in [0.2, 0.25) is 0 Å². The Balaban J connectivity index is 1.14. The first-order valence-corrected chi connectivity index (χ1v) is 19.5. The first-order valence-electron chi connectivity index (χ1n) is 18.7. The van der Waals surface area contributed by atoms with E-state index in [-0.39, 0.29) is 0 Å². The van der Waals surface area contributed by atoms with Gasteiger partial charge in [0.1, 0.15) is 11.2 Å². The molecular formula is C51H31N3OS. The Hall–Kier alpha value is -7.21. The van der Waals surface area contributed by atoms with E-state index < -0.39 is 0 Å². The summed E-state index contributed by atoms with van der Waals surface area (Å²) in [7, 11) is 0. The average molecular weight is 734 g/mol. The van der Waals surface area contributed by atoms with Gasteiger partial charge < -0.3 is 4.42 Å². The lowest BCUT2D eigenvalue weighted by Crippen LogP contribution is -2.01. The smallest absolute Gasteiger partial charge is 0.164 e. The highest BCUT2D eigenvalue weighted by atomic mass is 32.1. The molecule has 0 amide bonds. The molecule has 0 N–H and O–H groups in total. The number of hydrogen-bond donors (Lipinski definition) is 0. The van der Waals surface area contributed by atoms with Crippen molar-refractivity contribution in [2.24, 2.45) is 0 Å². The van der Waals surface area contributed by atoms with Crippen molar-refractivity contribution in [3.8, 4) is 67.5 Å². The van der Waals surface area contributed by atoms with Crippen molar-refractivity contribution in [1.29, 1.82) is 0 Å². The zero-order chi connectivity index (χ0) is 37.0. The number of furan rings is 1. The van der Waals surface area contributed by atoms with Gasteiger partial charge in [-0.15, -0.1) is 11.3 Å². The first kappa shape index (κ1) is 32.2. The molecule has 0 unspecified atom stereocenters. The van der Waals surface area contributed by atoms with E-state index in [9.17, 15) is 0 Å². The van der Waals surface area contributed by atoms with Gasteiger partial charge in [-0.2, -0.15) is 0 Å². The molecule has 3 aromatic heterocycles. The van der Waals surface area contributed by atoms with E-state index in [1.165, 1.54) is 25.7 Å². The van der Waals surface area contributed by atoms with E-state index in [4.69, 9.17) is 19.4 Å². The van der Waals surface area contributed by atoms with Gasteiger partial charge in [-0.1, -0.05) is 140 Å². The van der Waals surface area contributed by atoms with E-state index in [0.717, 1.165) is 66.4 Å². The number of hydrogen-bond acceptors (Lipinski definition) is 5. The first-order chi connectivity index (χ1) is 27.7. The zero-order valence-corrected chi connectivity index (χ0v) is 30.9. The summed E-state index contributed by atoms with van der Waals surface area (Å²) in [5.41, 5.74) is 11.1. The van der Waals surface area contributed by atoms with Crippen LogP contribution >= 0.6 is 11.3 Å². The van der Waals surface area contributed by atoms with Crippen LogP contribution in [0.2, 0.25) is 0 Å². The third-order valence-electron chi connectivity index (χ3n) is 10.5. The summed E-state index contributed by atoms with van der Waals surface area (Å²) in [6.07, 6.45) is 0. The van der Waals surface area contributed by atoms with Crippen LogP contribution in [0.5, 0.6) is 0 Å². The topological polar surface area (TPSA) is 51.8 Å². The monoisotopic (exact) mass is 733 g/mol. The third kappa shape index (κ3) is 5.65. The Morgan fingerprint density at radius 3 is 1.66 bits per heavy atom. The fraction of sp³-hybridized carbons (Fsp3) is 0. The van der Waals surface area contributed by atoms with Gasteiger partial charge >= 0.3 is 0 Å². The van der Waals surface area contributed by atoms with E-state index in [1.54, 1.807) is 0 Å². The second-order valence-corrected chi connectivity index (χ2v) is 15.1. The van der Waals surface area contributed by atoms with Crippen molar-refractivity contribution in [2.45, 2.75) is 0 Å². The Bertz CT molecular complexity index is 3260. The summed E-state index contributed by atoms with van der Waals surface area (Å²) in [4.78, 5) is 15.7. The maximum Gasteiger partial charge on any atom is 0.164 e. The molecule has 11 aromatic rings. The number of thiophene rings is 1. The SMILES string of the molecule is c1ccc(-c2cccc(-c3nc(-c4cc(-c5ccccc5)cc(-c5cccc6c5sc5ccccc56)c4)nc(-c4ccc5c(c4)oc4ccccc45)n3)c2)cc1. The molecule has 0 saturated heterocycles. The largest absolute Gasteiger partial charge is 0.456 e. The molecule has 0 aliphatic rings. The van der Waals surface area contributed by atoms with Crippen molar-refractivity contribution in [1.82, 2.24) is 15.0 Å². The van der Waals surface area contributed by atoms with Crippen LogP contribution in [0.1, 0.15) is 0 Å². The number of aromatic nitrogens is 3. The van der Waals surface area contributed by atoms with Gasteiger partial charge in [-0.05, 0) is 81.9 Å². The Labute approximate surface area is 327 Å². The third-order valence-corrected chi connectivity index (χ3v) is 11.7. The van der Waals surface area contributed by atoms with Crippen LogP contribution in [0.4, 0.5) is 0 Å². The van der Waals surface area contributed by atoms with E-state index in [2.05, 4.69) is 158 Å². The summed E-state index contributed by atoms with van der Waals surface area (Å²) < 4.78 is 8.87.